The molecule has 1 saturated carbocycles. The molecule has 4 heteroatoms. The molecule has 4 atom stereocenters. The van der Waals surface area contributed by atoms with E-state index >= 15 is 0 Å². The van der Waals surface area contributed by atoms with Gasteiger partial charge in [0.15, 0.2) is 0 Å². The average Bonchev–Trinajstić information content (AvgIpc) is 2.60. The van der Waals surface area contributed by atoms with Crippen LogP contribution < -0.4 is 0 Å². The molecule has 23 heavy (non-hydrogen) atoms. The van der Waals surface area contributed by atoms with Crippen molar-refractivity contribution in [2.24, 2.45) is 11.8 Å². The van der Waals surface area contributed by atoms with Gasteiger partial charge in [-0.3, -0.25) is 4.79 Å². The van der Waals surface area contributed by atoms with Crippen LogP contribution in [0.4, 0.5) is 0 Å². The van der Waals surface area contributed by atoms with E-state index in [0.29, 0.717) is 6.61 Å². The summed E-state index contributed by atoms with van der Waals surface area (Å²) in [6.07, 6.45) is 3.70. The van der Waals surface area contributed by atoms with E-state index in [4.69, 9.17) is 14.2 Å². The molecule has 4 nitrogen and oxygen atoms in total. The number of rotatable bonds is 5. The van der Waals surface area contributed by atoms with Crippen molar-refractivity contribution in [3.05, 3.63) is 47.5 Å². The summed E-state index contributed by atoms with van der Waals surface area (Å²) < 4.78 is 17.1. The third-order valence-electron chi connectivity index (χ3n) is 5.27. The minimum absolute atomic E-state index is 0.207. The number of ether oxygens (including phenoxy) is 3. The molecule has 1 aromatic rings. The van der Waals surface area contributed by atoms with E-state index in [1.54, 1.807) is 7.11 Å². The number of methoxy groups -OCH3 is 2. The zero-order valence-corrected chi connectivity index (χ0v) is 14.0. The maximum absolute atomic E-state index is 12.4. The highest BCUT2D eigenvalue weighted by Gasteiger charge is 2.57. The van der Waals surface area contributed by atoms with Crippen molar-refractivity contribution >= 4 is 5.97 Å². The lowest BCUT2D eigenvalue weighted by Crippen LogP contribution is -2.59. The van der Waals surface area contributed by atoms with Gasteiger partial charge >= 0.3 is 5.97 Å². The van der Waals surface area contributed by atoms with Crippen molar-refractivity contribution in [3.63, 3.8) is 0 Å². The first-order valence-corrected chi connectivity index (χ1v) is 8.09. The van der Waals surface area contributed by atoms with E-state index in [1.165, 1.54) is 12.7 Å². The molecule has 3 aliphatic rings. The summed E-state index contributed by atoms with van der Waals surface area (Å²) in [6.45, 7) is 2.59. The van der Waals surface area contributed by atoms with E-state index in [2.05, 4.69) is 13.0 Å². The average molecular weight is 316 g/mol. The lowest BCUT2D eigenvalue weighted by Gasteiger charge is -2.52. The van der Waals surface area contributed by atoms with Gasteiger partial charge in [-0.2, -0.15) is 0 Å². The monoisotopic (exact) mass is 316 g/mol. The molecule has 0 saturated heterocycles. The summed E-state index contributed by atoms with van der Waals surface area (Å²) in [5.41, 5.74) is 1.75. The minimum atomic E-state index is -0.604. The van der Waals surface area contributed by atoms with Gasteiger partial charge in [0, 0.05) is 13.0 Å². The van der Waals surface area contributed by atoms with Gasteiger partial charge in [-0.05, 0) is 25.3 Å². The Bertz CT molecular complexity index is 595. The van der Waals surface area contributed by atoms with Crippen molar-refractivity contribution in [1.29, 1.82) is 0 Å². The first-order chi connectivity index (χ1) is 11.1. The molecule has 1 aromatic carbocycles. The van der Waals surface area contributed by atoms with Gasteiger partial charge < -0.3 is 14.2 Å². The Morgan fingerprint density at radius 3 is 2.61 bits per heavy atom. The molecule has 0 aromatic heterocycles. The fourth-order valence-corrected chi connectivity index (χ4v) is 4.08. The SMILES string of the molecule is COC(=O)C1C(OCc2ccccc2)C2CCC1(OC)C=C2C. The number of esters is 1. The fourth-order valence-electron chi connectivity index (χ4n) is 4.08. The summed E-state index contributed by atoms with van der Waals surface area (Å²) in [5, 5.41) is 0. The van der Waals surface area contributed by atoms with E-state index in [1.807, 2.05) is 30.3 Å². The molecule has 124 valence electrons. The van der Waals surface area contributed by atoms with Gasteiger partial charge in [0.2, 0.25) is 0 Å². The summed E-state index contributed by atoms with van der Waals surface area (Å²) in [7, 11) is 3.10. The highest BCUT2D eigenvalue weighted by Crippen LogP contribution is 2.50. The zero-order valence-electron chi connectivity index (χ0n) is 14.0. The molecule has 0 N–H and O–H groups in total. The summed E-state index contributed by atoms with van der Waals surface area (Å²) in [6, 6.07) is 10.0. The highest BCUT2D eigenvalue weighted by molar-refractivity contribution is 5.76. The predicted molar refractivity (Wildman–Crippen MR) is 86.7 cm³/mol. The molecule has 0 aliphatic heterocycles. The molecule has 3 aliphatic carbocycles. The molecule has 0 heterocycles. The van der Waals surface area contributed by atoms with Gasteiger partial charge in [-0.1, -0.05) is 42.0 Å². The predicted octanol–water partition coefficient (Wildman–Crippen LogP) is 3.12. The smallest absolute Gasteiger partial charge is 0.314 e. The van der Waals surface area contributed by atoms with Crippen molar-refractivity contribution in [2.45, 2.75) is 38.1 Å². The molecule has 0 radical (unpaired) electrons. The van der Waals surface area contributed by atoms with Gasteiger partial charge in [0.25, 0.3) is 0 Å². The second kappa shape index (κ2) is 6.46. The fraction of sp³-hybridized carbons (Fsp3) is 0.526. The van der Waals surface area contributed by atoms with E-state index in [0.717, 1.165) is 18.4 Å². The Morgan fingerprint density at radius 2 is 2.00 bits per heavy atom. The Labute approximate surface area is 137 Å². The van der Waals surface area contributed by atoms with Gasteiger partial charge in [-0.25, -0.2) is 0 Å². The molecule has 0 spiro atoms. The van der Waals surface area contributed by atoms with Crippen molar-refractivity contribution in [2.75, 3.05) is 14.2 Å². The quantitative estimate of drug-likeness (QED) is 0.618. The molecule has 4 unspecified atom stereocenters. The first-order valence-electron chi connectivity index (χ1n) is 8.09. The number of hydrogen-bond acceptors (Lipinski definition) is 4. The number of hydrogen-bond donors (Lipinski definition) is 0. The van der Waals surface area contributed by atoms with E-state index < -0.39 is 11.5 Å². The van der Waals surface area contributed by atoms with Gasteiger partial charge in [0.05, 0.1) is 19.8 Å². The highest BCUT2D eigenvalue weighted by atomic mass is 16.5. The van der Waals surface area contributed by atoms with Gasteiger partial charge in [-0.15, -0.1) is 0 Å². The first kappa shape index (κ1) is 16.2. The maximum atomic E-state index is 12.4. The van der Waals surface area contributed by atoms with Crippen molar-refractivity contribution in [1.82, 2.24) is 0 Å². The second-order valence-electron chi connectivity index (χ2n) is 6.45. The van der Waals surface area contributed by atoms with Crippen LogP contribution in [0.2, 0.25) is 0 Å². The Kier molecular flexibility index (Phi) is 4.55. The topological polar surface area (TPSA) is 44.8 Å². The standard InChI is InChI=1S/C19H24O4/c1-13-11-19(22-3)10-9-15(13)17(16(19)18(20)21-2)23-12-14-7-5-4-6-8-14/h4-8,11,15-17H,9-10,12H2,1-3H3. The number of fused-ring (bicyclic) bond motifs is 2. The third kappa shape index (κ3) is 2.81. The largest absolute Gasteiger partial charge is 0.469 e. The van der Waals surface area contributed by atoms with Crippen molar-refractivity contribution < 1.29 is 19.0 Å². The molecular formula is C19H24O4. The Hall–Kier alpha value is -1.65. The van der Waals surface area contributed by atoms with Crippen LogP contribution in [0.25, 0.3) is 0 Å². The summed E-state index contributed by atoms with van der Waals surface area (Å²) >= 11 is 0. The Balaban J connectivity index is 1.87. The van der Waals surface area contributed by atoms with Gasteiger partial charge in [0.1, 0.15) is 11.5 Å². The normalized spacial score (nSPS) is 32.5. The maximum Gasteiger partial charge on any atom is 0.314 e. The zero-order chi connectivity index (χ0) is 16.4. The second-order valence-corrected chi connectivity index (χ2v) is 6.45. The minimum Gasteiger partial charge on any atom is -0.469 e. The number of carbonyl (C=O) groups is 1. The summed E-state index contributed by atoms with van der Waals surface area (Å²) in [5.74, 6) is -0.415. The summed E-state index contributed by atoms with van der Waals surface area (Å²) in [4.78, 5) is 12.4. The Morgan fingerprint density at radius 1 is 1.26 bits per heavy atom. The third-order valence-corrected chi connectivity index (χ3v) is 5.27. The van der Waals surface area contributed by atoms with Crippen LogP contribution in [0.1, 0.15) is 25.3 Å². The molecular weight excluding hydrogens is 292 g/mol. The van der Waals surface area contributed by atoms with Crippen LogP contribution >= 0.6 is 0 Å². The lowest BCUT2D eigenvalue weighted by molar-refractivity contribution is -0.185. The molecule has 4 rings (SSSR count). The lowest BCUT2D eigenvalue weighted by atomic mass is 9.61. The van der Waals surface area contributed by atoms with E-state index in [9.17, 15) is 4.79 Å². The van der Waals surface area contributed by atoms with Crippen LogP contribution in [0, 0.1) is 11.8 Å². The number of benzene rings is 1. The van der Waals surface area contributed by atoms with Crippen LogP contribution in [-0.4, -0.2) is 31.9 Å². The molecule has 1 fully saturated rings. The molecule has 0 amide bonds. The van der Waals surface area contributed by atoms with E-state index in [-0.39, 0.29) is 18.0 Å². The van der Waals surface area contributed by atoms with Crippen LogP contribution in [-0.2, 0) is 25.6 Å². The number of carbonyl (C=O) groups excluding carboxylic acids is 1. The van der Waals surface area contributed by atoms with Crippen LogP contribution in [0.3, 0.4) is 0 Å². The van der Waals surface area contributed by atoms with Crippen molar-refractivity contribution in [3.8, 4) is 0 Å². The van der Waals surface area contributed by atoms with Crippen LogP contribution in [0.5, 0.6) is 0 Å². The van der Waals surface area contributed by atoms with Crippen LogP contribution in [0.15, 0.2) is 42.0 Å². The molecule has 2 bridgehead atoms.